The van der Waals surface area contributed by atoms with E-state index in [1.165, 1.54) is 0 Å². The van der Waals surface area contributed by atoms with E-state index in [-0.39, 0.29) is 6.04 Å². The minimum atomic E-state index is 0.170. The molecular weight excluding hydrogens is 318 g/mol. The highest BCUT2D eigenvalue weighted by atomic mass is 79.9. The lowest BCUT2D eigenvalue weighted by Gasteiger charge is -2.17. The third-order valence-corrected chi connectivity index (χ3v) is 3.61. The van der Waals surface area contributed by atoms with Crippen LogP contribution in [0, 0.1) is 0 Å². The quantitative estimate of drug-likeness (QED) is 0.863. The van der Waals surface area contributed by atoms with Gasteiger partial charge in [-0.2, -0.15) is 0 Å². The van der Waals surface area contributed by atoms with Crippen LogP contribution in [0.15, 0.2) is 46.9 Å². The molecule has 0 saturated carbocycles. The molecule has 0 aliphatic heterocycles. The molecule has 20 heavy (non-hydrogen) atoms. The first kappa shape index (κ1) is 14.7. The summed E-state index contributed by atoms with van der Waals surface area (Å²) in [6, 6.07) is 14.2. The molecular formula is C16H18BrNO2. The molecule has 0 aliphatic rings. The van der Waals surface area contributed by atoms with E-state index in [1.54, 1.807) is 14.2 Å². The van der Waals surface area contributed by atoms with E-state index in [0.29, 0.717) is 0 Å². The zero-order chi connectivity index (χ0) is 14.5. The molecule has 0 aliphatic carbocycles. The predicted molar refractivity (Wildman–Crippen MR) is 85.7 cm³/mol. The average molecular weight is 336 g/mol. The van der Waals surface area contributed by atoms with Crippen molar-refractivity contribution in [2.45, 2.75) is 13.0 Å². The Morgan fingerprint density at radius 3 is 2.40 bits per heavy atom. The fourth-order valence-electron chi connectivity index (χ4n) is 2.03. The summed E-state index contributed by atoms with van der Waals surface area (Å²) in [6.07, 6.45) is 0. The van der Waals surface area contributed by atoms with Crippen molar-refractivity contribution < 1.29 is 9.47 Å². The van der Waals surface area contributed by atoms with Gasteiger partial charge in [-0.05, 0) is 42.8 Å². The maximum atomic E-state index is 5.34. The van der Waals surface area contributed by atoms with Crippen LogP contribution < -0.4 is 14.8 Å². The molecule has 4 heteroatoms. The summed E-state index contributed by atoms with van der Waals surface area (Å²) in [7, 11) is 3.29. The number of hydrogen-bond acceptors (Lipinski definition) is 3. The standard InChI is InChI=1S/C16H18BrNO2/c1-11(18-14-6-4-5-13(17)10-14)12-7-8-15(19-2)16(9-12)20-3/h4-11,18H,1-3H3. The SMILES string of the molecule is COc1ccc(C(C)Nc2cccc(Br)c2)cc1OC. The van der Waals surface area contributed by atoms with E-state index in [1.807, 2.05) is 36.4 Å². The Hall–Kier alpha value is -1.68. The second kappa shape index (κ2) is 6.66. The number of benzene rings is 2. The summed E-state index contributed by atoms with van der Waals surface area (Å²) in [5.74, 6) is 1.48. The Kier molecular flexibility index (Phi) is 4.90. The highest BCUT2D eigenvalue weighted by Gasteiger charge is 2.10. The second-order valence-corrected chi connectivity index (χ2v) is 5.41. The largest absolute Gasteiger partial charge is 0.493 e. The highest BCUT2D eigenvalue weighted by Crippen LogP contribution is 2.31. The molecule has 2 rings (SSSR count). The van der Waals surface area contributed by atoms with E-state index in [2.05, 4.69) is 34.2 Å². The van der Waals surface area contributed by atoms with Crippen LogP contribution in [0.2, 0.25) is 0 Å². The van der Waals surface area contributed by atoms with Gasteiger partial charge in [0.05, 0.1) is 14.2 Å². The summed E-state index contributed by atoms with van der Waals surface area (Å²) in [6.45, 7) is 2.11. The molecule has 2 aromatic rings. The Labute approximate surface area is 128 Å². The number of hydrogen-bond donors (Lipinski definition) is 1. The predicted octanol–water partition coefficient (Wildman–Crippen LogP) is 4.64. The van der Waals surface area contributed by atoms with Gasteiger partial charge in [0.15, 0.2) is 11.5 Å². The number of nitrogens with one attached hydrogen (secondary N) is 1. The number of methoxy groups -OCH3 is 2. The zero-order valence-corrected chi connectivity index (χ0v) is 13.4. The van der Waals surface area contributed by atoms with Crippen LogP contribution in [-0.2, 0) is 0 Å². The lowest BCUT2D eigenvalue weighted by Crippen LogP contribution is -2.07. The first-order chi connectivity index (χ1) is 9.63. The topological polar surface area (TPSA) is 30.5 Å². The molecule has 2 aromatic carbocycles. The van der Waals surface area contributed by atoms with Crippen molar-refractivity contribution in [1.82, 2.24) is 0 Å². The smallest absolute Gasteiger partial charge is 0.161 e. The molecule has 0 heterocycles. The average Bonchev–Trinajstić information content (AvgIpc) is 2.46. The highest BCUT2D eigenvalue weighted by molar-refractivity contribution is 9.10. The molecule has 0 radical (unpaired) electrons. The molecule has 0 saturated heterocycles. The van der Waals surface area contributed by atoms with E-state index in [9.17, 15) is 0 Å². The summed E-state index contributed by atoms with van der Waals surface area (Å²) < 4.78 is 11.6. The Morgan fingerprint density at radius 2 is 1.75 bits per heavy atom. The maximum absolute atomic E-state index is 5.34. The van der Waals surface area contributed by atoms with Crippen molar-refractivity contribution in [3.05, 3.63) is 52.5 Å². The molecule has 1 N–H and O–H groups in total. The van der Waals surface area contributed by atoms with Crippen molar-refractivity contribution >= 4 is 21.6 Å². The molecule has 3 nitrogen and oxygen atoms in total. The fraction of sp³-hybridized carbons (Fsp3) is 0.250. The van der Waals surface area contributed by atoms with Gasteiger partial charge in [-0.15, -0.1) is 0 Å². The molecule has 106 valence electrons. The molecule has 0 spiro atoms. The fourth-order valence-corrected chi connectivity index (χ4v) is 2.43. The van der Waals surface area contributed by atoms with Gasteiger partial charge in [0.1, 0.15) is 0 Å². The first-order valence-electron chi connectivity index (χ1n) is 6.38. The summed E-state index contributed by atoms with van der Waals surface area (Å²) in [5.41, 5.74) is 2.21. The molecule has 1 atom stereocenters. The number of halogens is 1. The Morgan fingerprint density at radius 1 is 1.00 bits per heavy atom. The summed E-state index contributed by atoms with van der Waals surface area (Å²) in [4.78, 5) is 0. The molecule has 1 unspecified atom stereocenters. The van der Waals surface area contributed by atoms with Crippen LogP contribution in [0.4, 0.5) is 5.69 Å². The van der Waals surface area contributed by atoms with Gasteiger partial charge >= 0.3 is 0 Å². The number of ether oxygens (including phenoxy) is 2. The summed E-state index contributed by atoms with van der Waals surface area (Å²) in [5, 5.41) is 3.46. The normalized spacial score (nSPS) is 11.8. The van der Waals surface area contributed by atoms with Crippen molar-refractivity contribution in [3.63, 3.8) is 0 Å². The lowest BCUT2D eigenvalue weighted by molar-refractivity contribution is 0.354. The van der Waals surface area contributed by atoms with Crippen LogP contribution in [-0.4, -0.2) is 14.2 Å². The van der Waals surface area contributed by atoms with Crippen molar-refractivity contribution in [3.8, 4) is 11.5 Å². The Balaban J connectivity index is 2.18. The van der Waals surface area contributed by atoms with Gasteiger partial charge in [-0.25, -0.2) is 0 Å². The minimum absolute atomic E-state index is 0.170. The van der Waals surface area contributed by atoms with Crippen LogP contribution in [0.5, 0.6) is 11.5 Å². The molecule has 0 amide bonds. The van der Waals surface area contributed by atoms with Gasteiger partial charge in [-0.1, -0.05) is 28.1 Å². The van der Waals surface area contributed by atoms with E-state index < -0.39 is 0 Å². The number of anilines is 1. The van der Waals surface area contributed by atoms with Crippen molar-refractivity contribution in [2.24, 2.45) is 0 Å². The second-order valence-electron chi connectivity index (χ2n) is 4.49. The van der Waals surface area contributed by atoms with E-state index in [0.717, 1.165) is 27.2 Å². The third kappa shape index (κ3) is 3.45. The Bertz CT molecular complexity index is 586. The van der Waals surface area contributed by atoms with Crippen molar-refractivity contribution in [1.29, 1.82) is 0 Å². The van der Waals surface area contributed by atoms with Gasteiger partial charge in [0.2, 0.25) is 0 Å². The molecule has 0 fully saturated rings. The van der Waals surface area contributed by atoms with Crippen molar-refractivity contribution in [2.75, 3.05) is 19.5 Å². The van der Waals surface area contributed by atoms with E-state index in [4.69, 9.17) is 9.47 Å². The molecule has 0 aromatic heterocycles. The van der Waals surface area contributed by atoms with Gasteiger partial charge in [0, 0.05) is 16.2 Å². The van der Waals surface area contributed by atoms with Gasteiger partial charge in [0.25, 0.3) is 0 Å². The first-order valence-corrected chi connectivity index (χ1v) is 7.17. The van der Waals surface area contributed by atoms with Crippen LogP contribution >= 0.6 is 15.9 Å². The van der Waals surface area contributed by atoms with E-state index >= 15 is 0 Å². The lowest BCUT2D eigenvalue weighted by atomic mass is 10.1. The van der Waals surface area contributed by atoms with Crippen LogP contribution in [0.25, 0.3) is 0 Å². The van der Waals surface area contributed by atoms with Gasteiger partial charge < -0.3 is 14.8 Å². The number of rotatable bonds is 5. The van der Waals surface area contributed by atoms with Crippen LogP contribution in [0.3, 0.4) is 0 Å². The van der Waals surface area contributed by atoms with Gasteiger partial charge in [-0.3, -0.25) is 0 Å². The summed E-state index contributed by atoms with van der Waals surface area (Å²) >= 11 is 3.47. The maximum Gasteiger partial charge on any atom is 0.161 e. The monoisotopic (exact) mass is 335 g/mol. The zero-order valence-electron chi connectivity index (χ0n) is 11.8. The third-order valence-electron chi connectivity index (χ3n) is 3.12. The molecule has 0 bridgehead atoms. The minimum Gasteiger partial charge on any atom is -0.493 e. The van der Waals surface area contributed by atoms with Crippen LogP contribution in [0.1, 0.15) is 18.5 Å².